The van der Waals surface area contributed by atoms with Gasteiger partial charge in [0.15, 0.2) is 0 Å². The van der Waals surface area contributed by atoms with Gasteiger partial charge in [0.25, 0.3) is 5.91 Å². The summed E-state index contributed by atoms with van der Waals surface area (Å²) in [6, 6.07) is 16.9. The summed E-state index contributed by atoms with van der Waals surface area (Å²) in [7, 11) is 0. The van der Waals surface area contributed by atoms with Crippen LogP contribution in [-0.4, -0.2) is 10.5 Å². The summed E-state index contributed by atoms with van der Waals surface area (Å²) in [4.78, 5) is 13.0. The first-order valence-electron chi connectivity index (χ1n) is 11.2. The first-order chi connectivity index (χ1) is 14.2. The Morgan fingerprint density at radius 3 is 2.40 bits per heavy atom. The summed E-state index contributed by atoms with van der Waals surface area (Å²) < 4.78 is 2.39. The number of hydrogen-bond acceptors (Lipinski definition) is 1. The van der Waals surface area contributed by atoms with Gasteiger partial charge in [-0.3, -0.25) is 4.79 Å². The van der Waals surface area contributed by atoms with Crippen LogP contribution in [0.15, 0.2) is 48.5 Å². The van der Waals surface area contributed by atoms with Crippen molar-refractivity contribution in [2.75, 3.05) is 0 Å². The van der Waals surface area contributed by atoms with Gasteiger partial charge < -0.3 is 9.88 Å². The van der Waals surface area contributed by atoms with Gasteiger partial charge in [0.05, 0.1) is 6.04 Å². The highest BCUT2D eigenvalue weighted by atomic mass is 16.1. The Kier molecular flexibility index (Phi) is 5.48. The summed E-state index contributed by atoms with van der Waals surface area (Å²) in [6.45, 7) is 11.9. The molecule has 0 bridgehead atoms. The highest BCUT2D eigenvalue weighted by molar-refractivity contribution is 5.98. The number of nitrogens with zero attached hydrogens (tertiary/aromatic N) is 1. The molecule has 1 fully saturated rings. The van der Waals surface area contributed by atoms with Crippen LogP contribution < -0.4 is 5.32 Å². The molecule has 0 saturated heterocycles. The molecular weight excluding hydrogens is 368 g/mol. The molecular formula is C27H34N2O. The highest BCUT2D eigenvalue weighted by Crippen LogP contribution is 2.31. The van der Waals surface area contributed by atoms with Crippen molar-refractivity contribution in [2.24, 2.45) is 5.92 Å². The molecule has 1 N–H and O–H groups in total. The van der Waals surface area contributed by atoms with Gasteiger partial charge in [-0.25, -0.2) is 0 Å². The third-order valence-electron chi connectivity index (χ3n) is 6.66. The van der Waals surface area contributed by atoms with Crippen LogP contribution >= 0.6 is 0 Å². The number of carbonyl (C=O) groups is 1. The van der Waals surface area contributed by atoms with Crippen molar-refractivity contribution in [2.45, 2.75) is 71.9 Å². The Hall–Kier alpha value is -2.55. The fraction of sp³-hybridized carbons (Fsp3) is 0.444. The second-order valence-electron chi connectivity index (χ2n) is 10.0. The zero-order valence-corrected chi connectivity index (χ0v) is 19.0. The molecule has 1 aliphatic carbocycles. The van der Waals surface area contributed by atoms with Crippen LogP contribution in [-0.2, 0) is 12.0 Å². The van der Waals surface area contributed by atoms with E-state index in [0.29, 0.717) is 0 Å². The summed E-state index contributed by atoms with van der Waals surface area (Å²) in [5.41, 5.74) is 5.75. The van der Waals surface area contributed by atoms with Crippen LogP contribution in [0.5, 0.6) is 0 Å². The molecule has 1 saturated carbocycles. The first-order valence-corrected chi connectivity index (χ1v) is 11.2. The lowest BCUT2D eigenvalue weighted by Gasteiger charge is -2.27. The van der Waals surface area contributed by atoms with Gasteiger partial charge in [-0.15, -0.1) is 0 Å². The van der Waals surface area contributed by atoms with Crippen molar-refractivity contribution in [3.8, 4) is 0 Å². The van der Waals surface area contributed by atoms with Gasteiger partial charge in [0, 0.05) is 23.3 Å². The molecule has 0 aliphatic heterocycles. The third kappa shape index (κ3) is 4.16. The summed E-state index contributed by atoms with van der Waals surface area (Å²) in [6.07, 6.45) is 4.00. The molecule has 1 heterocycles. The first kappa shape index (κ1) is 20.7. The average molecular weight is 403 g/mol. The Balaban J connectivity index is 1.51. The van der Waals surface area contributed by atoms with Crippen molar-refractivity contribution in [1.82, 2.24) is 9.88 Å². The largest absolute Gasteiger partial charge is 0.346 e. The van der Waals surface area contributed by atoms with Gasteiger partial charge in [0.1, 0.15) is 0 Å². The number of carbonyl (C=O) groups excluding carboxylic acids is 1. The normalized spacial score (nSPS) is 15.8. The molecule has 1 atom stereocenters. The van der Waals surface area contributed by atoms with Crippen LogP contribution in [0.4, 0.5) is 0 Å². The number of fused-ring (bicyclic) bond motifs is 1. The molecule has 2 aromatic carbocycles. The van der Waals surface area contributed by atoms with Crippen LogP contribution in [0, 0.1) is 12.8 Å². The Bertz CT molecular complexity index is 1050. The van der Waals surface area contributed by atoms with Crippen LogP contribution in [0.1, 0.15) is 80.2 Å². The van der Waals surface area contributed by atoms with E-state index in [-0.39, 0.29) is 17.4 Å². The molecule has 0 spiro atoms. The van der Waals surface area contributed by atoms with E-state index in [9.17, 15) is 4.79 Å². The Labute approximate surface area is 180 Å². The molecule has 4 rings (SSSR count). The van der Waals surface area contributed by atoms with E-state index in [0.717, 1.165) is 23.6 Å². The van der Waals surface area contributed by atoms with Gasteiger partial charge in [-0.2, -0.15) is 0 Å². The quantitative estimate of drug-likeness (QED) is 0.516. The zero-order chi connectivity index (χ0) is 21.5. The second kappa shape index (κ2) is 7.94. The van der Waals surface area contributed by atoms with E-state index in [1.54, 1.807) is 0 Å². The Morgan fingerprint density at radius 2 is 1.80 bits per heavy atom. The van der Waals surface area contributed by atoms with E-state index >= 15 is 0 Å². The number of nitrogens with one attached hydrogen (secondary N) is 1. The molecule has 3 aromatic rings. The molecule has 1 aliphatic rings. The molecule has 30 heavy (non-hydrogen) atoms. The van der Waals surface area contributed by atoms with E-state index in [4.69, 9.17) is 0 Å². The van der Waals surface area contributed by atoms with Crippen molar-refractivity contribution in [1.29, 1.82) is 0 Å². The fourth-order valence-electron chi connectivity index (χ4n) is 4.34. The summed E-state index contributed by atoms with van der Waals surface area (Å²) in [5.74, 6) is 0.770. The molecule has 1 aromatic heterocycles. The van der Waals surface area contributed by atoms with Gasteiger partial charge >= 0.3 is 0 Å². The molecule has 3 heteroatoms. The molecule has 1 amide bonds. The molecule has 158 valence electrons. The second-order valence-corrected chi connectivity index (χ2v) is 10.0. The minimum absolute atomic E-state index is 0.0154. The van der Waals surface area contributed by atoms with E-state index in [2.05, 4.69) is 80.0 Å². The number of amides is 1. The summed E-state index contributed by atoms with van der Waals surface area (Å²) >= 11 is 0. The van der Waals surface area contributed by atoms with Gasteiger partial charge in [-0.05, 0) is 72.7 Å². The maximum Gasteiger partial charge on any atom is 0.251 e. The van der Waals surface area contributed by atoms with Crippen molar-refractivity contribution < 1.29 is 4.79 Å². The van der Waals surface area contributed by atoms with Crippen LogP contribution in [0.25, 0.3) is 10.9 Å². The van der Waals surface area contributed by atoms with E-state index in [1.165, 1.54) is 41.4 Å². The number of benzene rings is 2. The van der Waals surface area contributed by atoms with Gasteiger partial charge in [0.2, 0.25) is 0 Å². The predicted octanol–water partition coefficient (Wildman–Crippen LogP) is 6.54. The molecule has 0 unspecified atom stereocenters. The molecule has 0 radical (unpaired) electrons. The van der Waals surface area contributed by atoms with E-state index in [1.807, 2.05) is 13.0 Å². The van der Waals surface area contributed by atoms with Crippen LogP contribution in [0.2, 0.25) is 0 Å². The minimum atomic E-state index is -0.0364. The van der Waals surface area contributed by atoms with Gasteiger partial charge in [-0.1, -0.05) is 57.5 Å². The summed E-state index contributed by atoms with van der Waals surface area (Å²) in [5, 5.41) is 4.39. The lowest BCUT2D eigenvalue weighted by molar-refractivity contribution is 0.0940. The third-order valence-corrected chi connectivity index (χ3v) is 6.66. The number of hydrogen-bond donors (Lipinski definition) is 1. The monoisotopic (exact) mass is 402 g/mol. The number of aromatic nitrogens is 1. The SMILES string of the molecule is Cc1cc2ccc(C(=O)N[C@@H](C)c3ccc(C(C)(C)C)cc3)cc2n1CC1CCC1. The smallest absolute Gasteiger partial charge is 0.251 e. The number of aryl methyl sites for hydroxylation is 1. The number of rotatable bonds is 5. The van der Waals surface area contributed by atoms with Crippen molar-refractivity contribution in [3.63, 3.8) is 0 Å². The highest BCUT2D eigenvalue weighted by Gasteiger charge is 2.20. The topological polar surface area (TPSA) is 34.0 Å². The average Bonchev–Trinajstić information content (AvgIpc) is 2.98. The maximum absolute atomic E-state index is 13.0. The zero-order valence-electron chi connectivity index (χ0n) is 19.0. The Morgan fingerprint density at radius 1 is 1.10 bits per heavy atom. The molecule has 3 nitrogen and oxygen atoms in total. The maximum atomic E-state index is 13.0. The lowest BCUT2D eigenvalue weighted by atomic mass is 9.85. The minimum Gasteiger partial charge on any atom is -0.346 e. The van der Waals surface area contributed by atoms with Crippen LogP contribution in [0.3, 0.4) is 0 Å². The van der Waals surface area contributed by atoms with Crippen molar-refractivity contribution >= 4 is 16.8 Å². The fourth-order valence-corrected chi connectivity index (χ4v) is 4.34. The standard InChI is InChI=1S/C27H34N2O/c1-18-15-22-9-10-23(16-25(22)29(18)17-20-7-6-8-20)26(30)28-19(2)21-11-13-24(14-12-21)27(3,4)5/h9-16,19-20H,6-8,17H2,1-5H3,(H,28,30)/t19-/m0/s1. The van der Waals surface area contributed by atoms with E-state index < -0.39 is 0 Å². The lowest BCUT2D eigenvalue weighted by Crippen LogP contribution is -2.26. The van der Waals surface area contributed by atoms with Crippen molar-refractivity contribution in [3.05, 3.63) is 70.9 Å². The predicted molar refractivity (Wildman–Crippen MR) is 125 cm³/mol.